The largest absolute Gasteiger partial charge is 0.352 e. The van der Waals surface area contributed by atoms with Gasteiger partial charge < -0.3 is 9.84 Å². The van der Waals surface area contributed by atoms with Gasteiger partial charge in [0.2, 0.25) is 11.7 Å². The molecule has 1 N–H and O–H groups in total. The molecule has 1 amide bonds. The highest BCUT2D eigenvalue weighted by Gasteiger charge is 2.11. The molecule has 3 aromatic rings. The lowest BCUT2D eigenvalue weighted by atomic mass is 10.1. The van der Waals surface area contributed by atoms with Gasteiger partial charge in [0.25, 0.3) is 5.91 Å². The van der Waals surface area contributed by atoms with Crippen LogP contribution in [0.2, 0.25) is 0 Å². The molecule has 1 aromatic carbocycles. The number of rotatable bonds is 5. The predicted molar refractivity (Wildman–Crippen MR) is 84.7 cm³/mol. The summed E-state index contributed by atoms with van der Waals surface area (Å²) in [5.74, 6) is 0.919. The van der Waals surface area contributed by atoms with Gasteiger partial charge in [-0.05, 0) is 24.6 Å². The van der Waals surface area contributed by atoms with Crippen molar-refractivity contribution < 1.29 is 9.32 Å². The van der Waals surface area contributed by atoms with Crippen molar-refractivity contribution in [3.8, 4) is 11.4 Å². The summed E-state index contributed by atoms with van der Waals surface area (Å²) in [6.07, 6.45) is 3.65. The molecule has 0 aliphatic carbocycles. The van der Waals surface area contributed by atoms with Crippen LogP contribution in [0.1, 0.15) is 21.8 Å². The van der Waals surface area contributed by atoms with Crippen LogP contribution in [0.5, 0.6) is 0 Å². The van der Waals surface area contributed by atoms with Crippen molar-refractivity contribution in [3.63, 3.8) is 0 Å². The monoisotopic (exact) mass is 308 g/mol. The van der Waals surface area contributed by atoms with Crippen LogP contribution in [0, 0.1) is 6.92 Å². The lowest BCUT2D eigenvalue weighted by Gasteiger charge is -2.02. The summed E-state index contributed by atoms with van der Waals surface area (Å²) < 4.78 is 5.24. The van der Waals surface area contributed by atoms with E-state index in [4.69, 9.17) is 4.52 Å². The zero-order valence-electron chi connectivity index (χ0n) is 12.7. The number of aryl methyl sites for hydroxylation is 1. The highest BCUT2D eigenvalue weighted by molar-refractivity contribution is 5.93. The summed E-state index contributed by atoms with van der Waals surface area (Å²) in [5, 5.41) is 6.81. The van der Waals surface area contributed by atoms with E-state index in [0.717, 1.165) is 11.1 Å². The van der Waals surface area contributed by atoms with Crippen LogP contribution >= 0.6 is 0 Å². The van der Waals surface area contributed by atoms with E-state index in [1.54, 1.807) is 24.5 Å². The Kier molecular flexibility index (Phi) is 4.42. The fourth-order valence-electron chi connectivity index (χ4n) is 2.18. The molecule has 0 bridgehead atoms. The maximum Gasteiger partial charge on any atom is 0.251 e. The zero-order valence-corrected chi connectivity index (χ0v) is 12.7. The van der Waals surface area contributed by atoms with Crippen LogP contribution in [0.3, 0.4) is 0 Å². The van der Waals surface area contributed by atoms with E-state index < -0.39 is 0 Å². The van der Waals surface area contributed by atoms with Crippen LogP contribution in [0.4, 0.5) is 0 Å². The van der Waals surface area contributed by atoms with Crippen molar-refractivity contribution in [1.82, 2.24) is 20.4 Å². The topological polar surface area (TPSA) is 80.9 Å². The highest BCUT2D eigenvalue weighted by atomic mass is 16.5. The standard InChI is InChI=1S/C17H16N4O2/c1-12-4-2-3-5-14(12)16-20-15(23-21-16)8-11-19-17(22)13-6-9-18-10-7-13/h2-7,9-10H,8,11H2,1H3,(H,19,22). The summed E-state index contributed by atoms with van der Waals surface area (Å²) in [7, 11) is 0. The lowest BCUT2D eigenvalue weighted by Crippen LogP contribution is -2.25. The van der Waals surface area contributed by atoms with Crippen LogP contribution in [0.25, 0.3) is 11.4 Å². The van der Waals surface area contributed by atoms with Gasteiger partial charge >= 0.3 is 0 Å². The molecule has 116 valence electrons. The first-order valence-corrected chi connectivity index (χ1v) is 7.31. The molecule has 6 nitrogen and oxygen atoms in total. The molecule has 0 saturated carbocycles. The Bertz CT molecular complexity index is 799. The van der Waals surface area contributed by atoms with Gasteiger partial charge in [0.1, 0.15) is 0 Å². The van der Waals surface area contributed by atoms with Crippen molar-refractivity contribution in [1.29, 1.82) is 0 Å². The molecule has 0 atom stereocenters. The van der Waals surface area contributed by atoms with Gasteiger partial charge in [-0.3, -0.25) is 9.78 Å². The maximum absolute atomic E-state index is 11.9. The number of carbonyl (C=O) groups excluding carboxylic acids is 1. The molecular formula is C17H16N4O2. The first-order chi connectivity index (χ1) is 11.2. The number of carbonyl (C=O) groups is 1. The molecule has 2 heterocycles. The van der Waals surface area contributed by atoms with E-state index in [0.29, 0.717) is 30.2 Å². The Morgan fingerprint density at radius 2 is 1.96 bits per heavy atom. The first kappa shape index (κ1) is 14.9. The second kappa shape index (κ2) is 6.83. The Hall–Kier alpha value is -3.02. The van der Waals surface area contributed by atoms with Crippen LogP contribution in [-0.2, 0) is 6.42 Å². The van der Waals surface area contributed by atoms with Crippen molar-refractivity contribution in [3.05, 3.63) is 65.8 Å². The van der Waals surface area contributed by atoms with Gasteiger partial charge in [0, 0.05) is 36.5 Å². The number of pyridine rings is 1. The van der Waals surface area contributed by atoms with E-state index in [9.17, 15) is 4.79 Å². The summed E-state index contributed by atoms with van der Waals surface area (Å²) >= 11 is 0. The fraction of sp³-hybridized carbons (Fsp3) is 0.176. The molecule has 3 rings (SSSR count). The van der Waals surface area contributed by atoms with E-state index in [2.05, 4.69) is 20.4 Å². The Balaban J connectivity index is 1.58. The van der Waals surface area contributed by atoms with Crippen LogP contribution in [-0.4, -0.2) is 27.6 Å². The maximum atomic E-state index is 11.9. The molecule has 0 unspecified atom stereocenters. The van der Waals surface area contributed by atoms with Gasteiger partial charge in [-0.15, -0.1) is 0 Å². The molecule has 0 aliphatic rings. The Labute approximate surface area is 133 Å². The van der Waals surface area contributed by atoms with Gasteiger partial charge in [-0.1, -0.05) is 29.4 Å². The number of nitrogens with one attached hydrogen (secondary N) is 1. The van der Waals surface area contributed by atoms with Gasteiger partial charge in [0.05, 0.1) is 0 Å². The molecule has 6 heteroatoms. The highest BCUT2D eigenvalue weighted by Crippen LogP contribution is 2.19. The normalized spacial score (nSPS) is 10.5. The number of hydrogen-bond acceptors (Lipinski definition) is 5. The second-order valence-electron chi connectivity index (χ2n) is 5.07. The third-order valence-corrected chi connectivity index (χ3v) is 3.42. The van der Waals surface area contributed by atoms with Crippen molar-refractivity contribution in [2.24, 2.45) is 0 Å². The average Bonchev–Trinajstić information content (AvgIpc) is 3.04. The molecule has 2 aromatic heterocycles. The van der Waals surface area contributed by atoms with Crippen molar-refractivity contribution in [2.75, 3.05) is 6.54 Å². The van der Waals surface area contributed by atoms with Gasteiger partial charge in [-0.2, -0.15) is 4.98 Å². The molecule has 0 fully saturated rings. The Morgan fingerprint density at radius 1 is 1.17 bits per heavy atom. The van der Waals surface area contributed by atoms with Gasteiger partial charge in [0.15, 0.2) is 0 Å². The van der Waals surface area contributed by atoms with E-state index >= 15 is 0 Å². The summed E-state index contributed by atoms with van der Waals surface area (Å²) in [6, 6.07) is 11.2. The van der Waals surface area contributed by atoms with E-state index in [1.165, 1.54) is 0 Å². The predicted octanol–water partition coefficient (Wildman–Crippen LogP) is 2.41. The molecular weight excluding hydrogens is 292 g/mol. The third-order valence-electron chi connectivity index (χ3n) is 3.42. The van der Waals surface area contributed by atoms with Crippen LogP contribution < -0.4 is 5.32 Å². The molecule has 23 heavy (non-hydrogen) atoms. The smallest absolute Gasteiger partial charge is 0.251 e. The number of amides is 1. The van der Waals surface area contributed by atoms with Crippen LogP contribution in [0.15, 0.2) is 53.3 Å². The number of nitrogens with zero attached hydrogens (tertiary/aromatic N) is 3. The SMILES string of the molecule is Cc1ccccc1-c1noc(CCNC(=O)c2ccncc2)n1. The van der Waals surface area contributed by atoms with Crippen molar-refractivity contribution in [2.45, 2.75) is 13.3 Å². The van der Waals surface area contributed by atoms with Crippen molar-refractivity contribution >= 4 is 5.91 Å². The van der Waals surface area contributed by atoms with Gasteiger partial charge in [-0.25, -0.2) is 0 Å². The number of benzene rings is 1. The molecule has 0 radical (unpaired) electrons. The molecule has 0 saturated heterocycles. The first-order valence-electron chi connectivity index (χ1n) is 7.31. The Morgan fingerprint density at radius 3 is 2.74 bits per heavy atom. The minimum Gasteiger partial charge on any atom is -0.352 e. The minimum atomic E-state index is -0.147. The van der Waals surface area contributed by atoms with E-state index in [-0.39, 0.29) is 5.91 Å². The zero-order chi connectivity index (χ0) is 16.1. The molecule has 0 aliphatic heterocycles. The lowest BCUT2D eigenvalue weighted by molar-refractivity contribution is 0.0953. The fourth-order valence-corrected chi connectivity index (χ4v) is 2.18. The quantitative estimate of drug-likeness (QED) is 0.783. The number of hydrogen-bond donors (Lipinski definition) is 1. The second-order valence-corrected chi connectivity index (χ2v) is 5.07. The third kappa shape index (κ3) is 3.60. The average molecular weight is 308 g/mol. The minimum absolute atomic E-state index is 0.147. The van der Waals surface area contributed by atoms with E-state index in [1.807, 2.05) is 31.2 Å². The number of aromatic nitrogens is 3. The summed E-state index contributed by atoms with van der Waals surface area (Å²) in [5.41, 5.74) is 2.61. The molecule has 0 spiro atoms. The summed E-state index contributed by atoms with van der Waals surface area (Å²) in [4.78, 5) is 20.2. The summed E-state index contributed by atoms with van der Waals surface area (Å²) in [6.45, 7) is 2.43.